The molecule has 0 saturated carbocycles. The first-order valence-electron chi connectivity index (χ1n) is 2.79. The van der Waals surface area contributed by atoms with Crippen LogP contribution in [0, 0.1) is 0 Å². The molecule has 0 amide bonds. The Morgan fingerprint density at radius 1 is 1.20 bits per heavy atom. The van der Waals surface area contributed by atoms with Gasteiger partial charge in [0, 0.05) is 0 Å². The van der Waals surface area contributed by atoms with Gasteiger partial charge < -0.3 is 0 Å². The van der Waals surface area contributed by atoms with Gasteiger partial charge in [-0.15, -0.1) is 4.67 Å². The Kier molecular flexibility index (Phi) is 9.04. The summed E-state index contributed by atoms with van der Waals surface area (Å²) in [5.41, 5.74) is 0. The van der Waals surface area contributed by atoms with Crippen molar-refractivity contribution in [2.24, 2.45) is 0 Å². The van der Waals surface area contributed by atoms with Crippen molar-refractivity contribution in [3.8, 4) is 0 Å². The monoisotopic (exact) mass is 300 g/mol. The Morgan fingerprint density at radius 2 is 1.80 bits per heavy atom. The van der Waals surface area contributed by atoms with Crippen LogP contribution in [-0.2, 0) is 43.6 Å². The van der Waals surface area contributed by atoms with Gasteiger partial charge in [-0.3, -0.25) is 13.7 Å². The molecule has 0 aliphatic rings. The Bertz CT molecular complexity index is 240. The second-order valence-corrected chi connectivity index (χ2v) is 13.6. The molecule has 0 aliphatic heterocycles. The highest BCUT2D eigenvalue weighted by molar-refractivity contribution is 8.69. The van der Waals surface area contributed by atoms with Crippen LogP contribution < -0.4 is 0 Å². The van der Waals surface area contributed by atoms with Crippen LogP contribution in [0.2, 0.25) is 0 Å². The van der Waals surface area contributed by atoms with E-state index >= 15 is 0 Å². The van der Waals surface area contributed by atoms with Crippen LogP contribution in [0.15, 0.2) is 0 Å². The normalized spacial score (nSPS) is 17.7. The summed E-state index contributed by atoms with van der Waals surface area (Å²) in [6, 6.07) is 0. The summed E-state index contributed by atoms with van der Waals surface area (Å²) in [5, 5.41) is 24.3. The van der Waals surface area contributed by atoms with E-state index in [4.69, 9.17) is 5.26 Å². The minimum atomic E-state index is -3.77. The van der Waals surface area contributed by atoms with E-state index in [2.05, 4.69) is 29.9 Å². The second-order valence-electron chi connectivity index (χ2n) is 1.56. The number of rotatable bonds is 9. The average Bonchev–Trinajstić information content (AvgIpc) is 2.27. The van der Waals surface area contributed by atoms with E-state index in [1.165, 1.54) is 6.66 Å². The molecule has 0 fully saturated rings. The van der Waals surface area contributed by atoms with Gasteiger partial charge in [0.05, 0.1) is 7.30 Å². The molecule has 14 heteroatoms. The van der Waals surface area contributed by atoms with Gasteiger partial charge >= 0.3 is 6.75 Å². The van der Waals surface area contributed by atoms with Gasteiger partial charge in [-0.25, -0.2) is 5.26 Å². The van der Waals surface area contributed by atoms with Gasteiger partial charge in [-0.1, -0.05) is 0 Å². The molecule has 0 aromatic rings. The molecule has 2 atom stereocenters. The fourth-order valence-corrected chi connectivity index (χ4v) is 5.62. The molecule has 1 N–H and O–H groups in total. The lowest BCUT2D eigenvalue weighted by Crippen LogP contribution is -1.96. The van der Waals surface area contributed by atoms with Crippen LogP contribution >= 0.6 is 30.3 Å². The molecule has 0 bridgehead atoms. The minimum Gasteiger partial charge on any atom is -0.272 e. The fourth-order valence-electron chi connectivity index (χ4n) is 0.248. The van der Waals surface area contributed by atoms with Crippen molar-refractivity contribution >= 4 is 30.3 Å². The van der Waals surface area contributed by atoms with Crippen LogP contribution in [0.25, 0.3) is 0 Å². The zero-order chi connectivity index (χ0) is 11.7. The third-order valence-electron chi connectivity index (χ3n) is 0.828. The summed E-state index contributed by atoms with van der Waals surface area (Å²) in [7, 11) is -3.09. The highest BCUT2D eigenvalue weighted by atomic mass is 32.7. The summed E-state index contributed by atoms with van der Waals surface area (Å²) in [6.45, 7) is -2.47. The van der Waals surface area contributed by atoms with Crippen molar-refractivity contribution in [2.75, 3.05) is 6.66 Å². The number of hydrogen-bond acceptors (Lipinski definition) is 10. The Hall–Kier alpha value is 0.580. The molecule has 0 heterocycles. The Morgan fingerprint density at radius 3 is 2.27 bits per heavy atom. The quantitative estimate of drug-likeness (QED) is 0.294. The molecule has 0 aliphatic carbocycles. The maximum Gasteiger partial charge on any atom is 0.350 e. The summed E-state index contributed by atoms with van der Waals surface area (Å²) in [6.07, 6.45) is 0. The molecule has 0 aromatic carbocycles. The van der Waals surface area contributed by atoms with Gasteiger partial charge in [-0.05, 0) is 31.9 Å². The average molecular weight is 300 g/mol. The van der Waals surface area contributed by atoms with Crippen molar-refractivity contribution in [3.63, 3.8) is 0 Å². The largest absolute Gasteiger partial charge is 0.350 e. The molecule has 0 aromatic heterocycles. The Labute approximate surface area is 86.6 Å². The molecule has 0 rings (SSSR count). The van der Waals surface area contributed by atoms with E-state index < -0.39 is 30.3 Å². The summed E-state index contributed by atoms with van der Waals surface area (Å²) < 4.78 is 36.3. The van der Waals surface area contributed by atoms with E-state index in [-0.39, 0.29) is 0 Å². The smallest absolute Gasteiger partial charge is 0.272 e. The first-order chi connectivity index (χ1) is 7.10. The van der Waals surface area contributed by atoms with Crippen LogP contribution in [0.3, 0.4) is 0 Å². The second kappa shape index (κ2) is 8.70. The van der Waals surface area contributed by atoms with Crippen molar-refractivity contribution in [3.05, 3.63) is 0 Å². The van der Waals surface area contributed by atoms with Crippen LogP contribution in [0.4, 0.5) is 0 Å². The van der Waals surface area contributed by atoms with Crippen LogP contribution in [0.1, 0.15) is 0 Å². The summed E-state index contributed by atoms with van der Waals surface area (Å²) in [5.74, 6) is 0. The zero-order valence-corrected chi connectivity index (χ0v) is 10.5. The van der Waals surface area contributed by atoms with Crippen LogP contribution in [-0.4, -0.2) is 11.9 Å². The van der Waals surface area contributed by atoms with E-state index in [0.717, 1.165) is 0 Å². The molecule has 0 spiro atoms. The van der Waals surface area contributed by atoms with E-state index in [9.17, 15) is 13.7 Å². The van der Waals surface area contributed by atoms with E-state index in [1.54, 1.807) is 0 Å². The molecular formula is CH4O10P4. The molecule has 2 unspecified atom stereocenters. The lowest BCUT2D eigenvalue weighted by atomic mass is 12.0. The first-order valence-corrected chi connectivity index (χ1v) is 9.95. The number of hydrogen-bond donors (Lipinski definition) is 1. The topological polar surface area (TPSA) is 127 Å². The van der Waals surface area contributed by atoms with Gasteiger partial charge in [0.25, 0.3) is 8.15 Å². The SMILES string of the molecule is CP(P=O)P(=O)(OOOOOOO)P=O. The molecule has 10 nitrogen and oxygen atoms in total. The first kappa shape index (κ1) is 15.6. The highest BCUT2D eigenvalue weighted by Crippen LogP contribution is 2.86. The van der Waals surface area contributed by atoms with Crippen molar-refractivity contribution in [1.29, 1.82) is 0 Å². The summed E-state index contributed by atoms with van der Waals surface area (Å²) in [4.78, 5) is 0. The third kappa shape index (κ3) is 6.02. The summed E-state index contributed by atoms with van der Waals surface area (Å²) >= 11 is 0. The fraction of sp³-hybridized carbons (Fsp3) is 1.00. The molecular weight excluding hydrogens is 296 g/mol. The van der Waals surface area contributed by atoms with Crippen molar-refractivity contribution < 1.29 is 48.8 Å². The van der Waals surface area contributed by atoms with Gasteiger partial charge in [0.15, 0.2) is 8.15 Å². The standard InChI is InChI=1S/CH4O10P4/c1-14(12-3)15(5,13-4)11-10-9-8-7-6-2/h2H,1H3. The highest BCUT2D eigenvalue weighted by Gasteiger charge is 2.35. The molecule has 15 heavy (non-hydrogen) atoms. The van der Waals surface area contributed by atoms with E-state index in [1.807, 2.05) is 0 Å². The van der Waals surface area contributed by atoms with Crippen LogP contribution in [0.5, 0.6) is 0 Å². The van der Waals surface area contributed by atoms with Gasteiger partial charge in [0.2, 0.25) is 0 Å². The van der Waals surface area contributed by atoms with Crippen molar-refractivity contribution in [2.45, 2.75) is 0 Å². The lowest BCUT2D eigenvalue weighted by Gasteiger charge is -2.08. The maximum absolute atomic E-state index is 11.4. The zero-order valence-electron chi connectivity index (χ0n) is 6.91. The Balaban J connectivity index is 3.94. The van der Waals surface area contributed by atoms with Gasteiger partial charge in [0.1, 0.15) is 0 Å². The molecule has 0 radical (unpaired) electrons. The lowest BCUT2D eigenvalue weighted by molar-refractivity contribution is -0.779. The predicted octanol–water partition coefficient (Wildman–Crippen LogP) is 2.85. The van der Waals surface area contributed by atoms with Gasteiger partial charge in [-0.2, -0.15) is 0 Å². The molecule has 88 valence electrons. The molecule has 0 saturated heterocycles. The van der Waals surface area contributed by atoms with E-state index in [0.29, 0.717) is 0 Å². The minimum absolute atomic E-state index is 0.489. The predicted molar refractivity (Wildman–Crippen MR) is 44.8 cm³/mol. The maximum atomic E-state index is 11.4. The van der Waals surface area contributed by atoms with Crippen molar-refractivity contribution in [1.82, 2.24) is 0 Å². The third-order valence-corrected chi connectivity index (χ3v) is 13.3.